The van der Waals surface area contributed by atoms with Gasteiger partial charge in [-0.25, -0.2) is 4.79 Å². The molecule has 0 atom stereocenters. The molecule has 2 N–H and O–H groups in total. The minimum Gasteiger partial charge on any atom is -0.493 e. The number of rotatable bonds is 10. The van der Waals surface area contributed by atoms with Crippen molar-refractivity contribution in [3.8, 4) is 17.2 Å². The highest BCUT2D eigenvalue weighted by atomic mass is 35.5. The van der Waals surface area contributed by atoms with Gasteiger partial charge in [0.1, 0.15) is 5.75 Å². The Morgan fingerprint density at radius 1 is 0.963 bits per heavy atom. The van der Waals surface area contributed by atoms with Crippen LogP contribution in [-0.2, 0) is 6.42 Å². The third-order valence-electron chi connectivity index (χ3n) is 3.85. The highest BCUT2D eigenvalue weighted by Gasteiger charge is 2.05. The van der Waals surface area contributed by atoms with Gasteiger partial charge in [0.05, 0.1) is 25.8 Å². The van der Waals surface area contributed by atoms with Crippen molar-refractivity contribution in [2.75, 3.05) is 33.9 Å². The fraction of sp³-hybridized carbons (Fsp3) is 0.350. The SMILES string of the molecule is COc1ccc(CCNC(=O)NCCCOc2ccccc2Cl)cc1OC. The number of ether oxygens (including phenoxy) is 3. The number of carbonyl (C=O) groups excluding carboxylic acids is 1. The number of para-hydroxylation sites is 1. The van der Waals surface area contributed by atoms with E-state index in [0.717, 1.165) is 5.56 Å². The first-order chi connectivity index (χ1) is 13.1. The smallest absolute Gasteiger partial charge is 0.314 e. The van der Waals surface area contributed by atoms with Crippen molar-refractivity contribution in [3.63, 3.8) is 0 Å². The van der Waals surface area contributed by atoms with Crippen LogP contribution in [0, 0.1) is 0 Å². The quantitative estimate of drug-likeness (QED) is 0.605. The maximum atomic E-state index is 11.8. The number of carbonyl (C=O) groups is 1. The van der Waals surface area contributed by atoms with Crippen LogP contribution in [0.25, 0.3) is 0 Å². The molecule has 0 radical (unpaired) electrons. The van der Waals surface area contributed by atoms with E-state index in [2.05, 4.69) is 10.6 Å². The maximum absolute atomic E-state index is 11.8. The molecule has 0 spiro atoms. The van der Waals surface area contributed by atoms with E-state index in [0.29, 0.717) is 54.8 Å². The van der Waals surface area contributed by atoms with E-state index in [-0.39, 0.29) is 6.03 Å². The van der Waals surface area contributed by atoms with Gasteiger partial charge in [0.25, 0.3) is 0 Å². The van der Waals surface area contributed by atoms with E-state index in [9.17, 15) is 4.79 Å². The topological polar surface area (TPSA) is 68.8 Å². The molecule has 2 rings (SSSR count). The summed E-state index contributed by atoms with van der Waals surface area (Å²) in [6.45, 7) is 1.53. The molecule has 0 unspecified atom stereocenters. The van der Waals surface area contributed by atoms with Crippen LogP contribution in [-0.4, -0.2) is 39.9 Å². The first-order valence-corrected chi connectivity index (χ1v) is 9.11. The molecule has 0 saturated heterocycles. The predicted molar refractivity (Wildman–Crippen MR) is 106 cm³/mol. The van der Waals surface area contributed by atoms with Gasteiger partial charge in [-0.05, 0) is 42.7 Å². The standard InChI is InChI=1S/C20H25ClN2O4/c1-25-18-9-8-15(14-19(18)26-2)10-12-23-20(24)22-11-5-13-27-17-7-4-3-6-16(17)21/h3-4,6-9,14H,5,10-13H2,1-2H3,(H2,22,23,24). The zero-order valence-electron chi connectivity index (χ0n) is 15.6. The number of hydrogen-bond donors (Lipinski definition) is 2. The number of benzene rings is 2. The number of urea groups is 1. The van der Waals surface area contributed by atoms with E-state index >= 15 is 0 Å². The van der Waals surface area contributed by atoms with Crippen molar-refractivity contribution in [1.29, 1.82) is 0 Å². The van der Waals surface area contributed by atoms with Gasteiger partial charge in [0.2, 0.25) is 0 Å². The Kier molecular flexibility index (Phi) is 8.58. The van der Waals surface area contributed by atoms with Crippen molar-refractivity contribution >= 4 is 17.6 Å². The third kappa shape index (κ3) is 6.90. The molecule has 0 fully saturated rings. The molecule has 0 aliphatic carbocycles. The summed E-state index contributed by atoms with van der Waals surface area (Å²) in [5.41, 5.74) is 1.06. The van der Waals surface area contributed by atoms with Crippen LogP contribution in [0.4, 0.5) is 4.79 Å². The van der Waals surface area contributed by atoms with Crippen LogP contribution in [0.15, 0.2) is 42.5 Å². The van der Waals surface area contributed by atoms with E-state index in [4.69, 9.17) is 25.8 Å². The number of amides is 2. The molecule has 0 saturated carbocycles. The summed E-state index contributed by atoms with van der Waals surface area (Å²) in [7, 11) is 3.20. The number of hydrogen-bond acceptors (Lipinski definition) is 4. The normalized spacial score (nSPS) is 10.2. The van der Waals surface area contributed by atoms with E-state index in [1.165, 1.54) is 0 Å². The van der Waals surface area contributed by atoms with Crippen molar-refractivity contribution in [3.05, 3.63) is 53.1 Å². The zero-order chi connectivity index (χ0) is 19.5. The van der Waals surface area contributed by atoms with Crippen LogP contribution in [0.3, 0.4) is 0 Å². The molecular weight excluding hydrogens is 368 g/mol. The monoisotopic (exact) mass is 392 g/mol. The molecule has 6 nitrogen and oxygen atoms in total. The molecule has 2 aromatic carbocycles. The Morgan fingerprint density at radius 2 is 1.70 bits per heavy atom. The molecular formula is C20H25ClN2O4. The van der Waals surface area contributed by atoms with Gasteiger partial charge < -0.3 is 24.8 Å². The Hall–Kier alpha value is -2.60. The number of methoxy groups -OCH3 is 2. The molecule has 0 aliphatic rings. The van der Waals surface area contributed by atoms with Crippen LogP contribution in [0.5, 0.6) is 17.2 Å². The van der Waals surface area contributed by atoms with Gasteiger partial charge >= 0.3 is 6.03 Å². The van der Waals surface area contributed by atoms with E-state index in [1.54, 1.807) is 20.3 Å². The molecule has 0 aliphatic heterocycles. The summed E-state index contributed by atoms with van der Waals surface area (Å²) in [5, 5.41) is 6.22. The van der Waals surface area contributed by atoms with Gasteiger partial charge in [-0.15, -0.1) is 0 Å². The lowest BCUT2D eigenvalue weighted by atomic mass is 10.1. The minimum atomic E-state index is -0.201. The lowest BCUT2D eigenvalue weighted by Gasteiger charge is -2.11. The Bertz CT molecular complexity index is 740. The molecule has 2 amide bonds. The van der Waals surface area contributed by atoms with Gasteiger partial charge in [0, 0.05) is 13.1 Å². The average molecular weight is 393 g/mol. The predicted octanol–water partition coefficient (Wildman–Crippen LogP) is 3.67. The third-order valence-corrected chi connectivity index (χ3v) is 4.16. The second kappa shape index (κ2) is 11.2. The van der Waals surface area contributed by atoms with Gasteiger partial charge in [-0.1, -0.05) is 29.8 Å². The van der Waals surface area contributed by atoms with Crippen molar-refractivity contribution in [2.24, 2.45) is 0 Å². The summed E-state index contributed by atoms with van der Waals surface area (Å²) in [5.74, 6) is 2.02. The van der Waals surface area contributed by atoms with Crippen LogP contribution in [0.1, 0.15) is 12.0 Å². The van der Waals surface area contributed by atoms with Gasteiger partial charge in [-0.3, -0.25) is 0 Å². The van der Waals surface area contributed by atoms with Gasteiger partial charge in [0.15, 0.2) is 11.5 Å². The largest absolute Gasteiger partial charge is 0.493 e. The molecule has 146 valence electrons. The van der Waals surface area contributed by atoms with Crippen LogP contribution in [0.2, 0.25) is 5.02 Å². The Balaban J connectivity index is 1.60. The molecule has 27 heavy (non-hydrogen) atoms. The Labute approximate surface area is 164 Å². The fourth-order valence-electron chi connectivity index (χ4n) is 2.44. The average Bonchev–Trinajstić information content (AvgIpc) is 2.69. The summed E-state index contributed by atoms with van der Waals surface area (Å²) < 4.78 is 16.1. The maximum Gasteiger partial charge on any atom is 0.314 e. The highest BCUT2D eigenvalue weighted by molar-refractivity contribution is 6.32. The molecule has 0 heterocycles. The summed E-state index contributed by atoms with van der Waals surface area (Å²) in [4.78, 5) is 11.8. The summed E-state index contributed by atoms with van der Waals surface area (Å²) in [6, 6.07) is 12.8. The second-order valence-electron chi connectivity index (χ2n) is 5.75. The first-order valence-electron chi connectivity index (χ1n) is 8.74. The fourth-order valence-corrected chi connectivity index (χ4v) is 2.63. The highest BCUT2D eigenvalue weighted by Crippen LogP contribution is 2.27. The Morgan fingerprint density at radius 3 is 2.44 bits per heavy atom. The molecule has 0 aromatic heterocycles. The number of nitrogens with one attached hydrogen (secondary N) is 2. The van der Waals surface area contributed by atoms with Crippen LogP contribution < -0.4 is 24.8 Å². The van der Waals surface area contributed by atoms with E-state index < -0.39 is 0 Å². The minimum absolute atomic E-state index is 0.201. The van der Waals surface area contributed by atoms with Crippen molar-refractivity contribution in [2.45, 2.75) is 12.8 Å². The summed E-state index contributed by atoms with van der Waals surface area (Å²) in [6.07, 6.45) is 1.39. The molecule has 2 aromatic rings. The van der Waals surface area contributed by atoms with Gasteiger partial charge in [-0.2, -0.15) is 0 Å². The first kappa shape index (κ1) is 20.7. The lowest BCUT2D eigenvalue weighted by molar-refractivity contribution is 0.239. The number of halogens is 1. The van der Waals surface area contributed by atoms with Crippen molar-refractivity contribution < 1.29 is 19.0 Å². The molecule has 7 heteroatoms. The van der Waals surface area contributed by atoms with Crippen LogP contribution >= 0.6 is 11.6 Å². The zero-order valence-corrected chi connectivity index (χ0v) is 16.3. The van der Waals surface area contributed by atoms with Crippen molar-refractivity contribution in [1.82, 2.24) is 10.6 Å². The second-order valence-corrected chi connectivity index (χ2v) is 6.16. The lowest BCUT2D eigenvalue weighted by Crippen LogP contribution is -2.37. The summed E-state index contributed by atoms with van der Waals surface area (Å²) >= 11 is 6.01. The van der Waals surface area contributed by atoms with E-state index in [1.807, 2.05) is 36.4 Å². The molecule has 0 bridgehead atoms.